The first kappa shape index (κ1) is 19.6. The minimum atomic E-state index is -0.470. The van der Waals surface area contributed by atoms with Gasteiger partial charge in [0.25, 0.3) is 5.91 Å². The van der Waals surface area contributed by atoms with Gasteiger partial charge in [-0.2, -0.15) is 0 Å². The molecule has 4 rings (SSSR count). The van der Waals surface area contributed by atoms with Crippen LogP contribution < -0.4 is 5.32 Å². The molecule has 0 radical (unpaired) electrons. The third kappa shape index (κ3) is 4.34. The topological polar surface area (TPSA) is 59.8 Å². The molecule has 1 amide bonds. The van der Waals surface area contributed by atoms with Crippen molar-refractivity contribution in [2.24, 2.45) is 0 Å². The first-order chi connectivity index (χ1) is 14.0. The third-order valence-corrected chi connectivity index (χ3v) is 5.17. The fourth-order valence-electron chi connectivity index (χ4n) is 2.71. The third-order valence-electron chi connectivity index (χ3n) is 4.09. The summed E-state index contributed by atoms with van der Waals surface area (Å²) < 4.78 is 2.58. The molecule has 0 aliphatic rings. The lowest BCUT2D eigenvalue weighted by Crippen LogP contribution is -2.14. The smallest absolute Gasteiger partial charge is 0.295 e. The fraction of sp³-hybridized carbons (Fsp3) is 0. The summed E-state index contributed by atoms with van der Waals surface area (Å²) in [5.74, 6) is 0.111. The number of nitrogens with one attached hydrogen (secondary N) is 1. The van der Waals surface area contributed by atoms with Gasteiger partial charge in [0.1, 0.15) is 0 Å². The molecule has 1 heterocycles. The number of anilines is 1. The van der Waals surface area contributed by atoms with Crippen LogP contribution in [-0.4, -0.2) is 20.7 Å². The zero-order valence-electron chi connectivity index (χ0n) is 14.8. The van der Waals surface area contributed by atoms with E-state index in [2.05, 4.69) is 31.3 Å². The van der Waals surface area contributed by atoms with Crippen molar-refractivity contribution < 1.29 is 4.79 Å². The number of nitrogens with zero attached hydrogens (tertiary/aromatic N) is 3. The molecule has 0 bridgehead atoms. The van der Waals surface area contributed by atoms with Crippen molar-refractivity contribution in [3.8, 4) is 17.1 Å². The predicted molar refractivity (Wildman–Crippen MR) is 119 cm³/mol. The molecule has 0 unspecified atom stereocenters. The Bertz CT molecular complexity index is 1180. The van der Waals surface area contributed by atoms with Gasteiger partial charge >= 0.3 is 0 Å². The predicted octanol–water partition coefficient (Wildman–Crippen LogP) is 6.26. The number of carbonyl (C=O) groups is 1. The first-order valence-corrected chi connectivity index (χ1v) is 10.1. The monoisotopic (exact) mass is 486 g/mol. The van der Waals surface area contributed by atoms with Gasteiger partial charge in [-0.05, 0) is 42.5 Å². The molecule has 1 N–H and O–H groups in total. The van der Waals surface area contributed by atoms with Gasteiger partial charge in [0.15, 0.2) is 5.82 Å². The number of benzene rings is 3. The van der Waals surface area contributed by atoms with Crippen LogP contribution in [-0.2, 0) is 0 Å². The SMILES string of the molecule is O=C(Nc1ccc(Cl)cc1Cl)c1nc(-c2ccccc2)n(-c2ccc(Br)cc2)n1. The zero-order valence-corrected chi connectivity index (χ0v) is 17.9. The van der Waals surface area contributed by atoms with Crippen LogP contribution >= 0.6 is 39.1 Å². The van der Waals surface area contributed by atoms with E-state index in [1.165, 1.54) is 0 Å². The largest absolute Gasteiger partial charge is 0.318 e. The van der Waals surface area contributed by atoms with Crippen LogP contribution in [0.2, 0.25) is 10.0 Å². The van der Waals surface area contributed by atoms with Gasteiger partial charge in [-0.3, -0.25) is 4.79 Å². The van der Waals surface area contributed by atoms with Crippen molar-refractivity contribution >= 4 is 50.7 Å². The van der Waals surface area contributed by atoms with E-state index in [4.69, 9.17) is 23.2 Å². The molecule has 29 heavy (non-hydrogen) atoms. The van der Waals surface area contributed by atoms with Crippen LogP contribution in [0, 0.1) is 0 Å². The quantitative estimate of drug-likeness (QED) is 0.369. The molecule has 4 aromatic rings. The highest BCUT2D eigenvalue weighted by molar-refractivity contribution is 9.10. The highest BCUT2D eigenvalue weighted by Gasteiger charge is 2.19. The Morgan fingerprint density at radius 3 is 2.38 bits per heavy atom. The summed E-state index contributed by atoms with van der Waals surface area (Å²) in [6.45, 7) is 0. The molecule has 0 spiro atoms. The highest BCUT2D eigenvalue weighted by atomic mass is 79.9. The number of hydrogen-bond donors (Lipinski definition) is 1. The van der Waals surface area contributed by atoms with E-state index in [1.54, 1.807) is 22.9 Å². The summed E-state index contributed by atoms with van der Waals surface area (Å²) in [7, 11) is 0. The molecule has 0 aliphatic carbocycles. The minimum Gasteiger partial charge on any atom is -0.318 e. The lowest BCUT2D eigenvalue weighted by Gasteiger charge is -2.06. The number of rotatable bonds is 4. The van der Waals surface area contributed by atoms with Crippen molar-refractivity contribution in [3.63, 3.8) is 0 Å². The number of halogens is 3. The Kier molecular flexibility index (Phi) is 5.67. The molecule has 0 saturated carbocycles. The van der Waals surface area contributed by atoms with Crippen LogP contribution in [0.4, 0.5) is 5.69 Å². The average Bonchev–Trinajstić information content (AvgIpc) is 3.17. The first-order valence-electron chi connectivity index (χ1n) is 8.56. The number of aromatic nitrogens is 3. The molecule has 144 valence electrons. The van der Waals surface area contributed by atoms with Gasteiger partial charge in [-0.1, -0.05) is 69.5 Å². The van der Waals surface area contributed by atoms with E-state index in [9.17, 15) is 4.79 Å². The summed E-state index contributed by atoms with van der Waals surface area (Å²) in [4.78, 5) is 17.3. The lowest BCUT2D eigenvalue weighted by molar-refractivity contribution is 0.101. The highest BCUT2D eigenvalue weighted by Crippen LogP contribution is 2.26. The van der Waals surface area contributed by atoms with E-state index in [0.717, 1.165) is 15.7 Å². The Morgan fingerprint density at radius 2 is 1.69 bits per heavy atom. The number of hydrogen-bond acceptors (Lipinski definition) is 3. The molecular formula is C21H13BrCl2N4O. The van der Waals surface area contributed by atoms with E-state index in [-0.39, 0.29) is 5.82 Å². The van der Waals surface area contributed by atoms with Crippen molar-refractivity contribution in [1.82, 2.24) is 14.8 Å². The number of amides is 1. The maximum Gasteiger partial charge on any atom is 0.295 e. The van der Waals surface area contributed by atoms with Gasteiger partial charge in [-0.15, -0.1) is 5.10 Å². The van der Waals surface area contributed by atoms with Gasteiger partial charge < -0.3 is 5.32 Å². The van der Waals surface area contributed by atoms with Crippen molar-refractivity contribution in [3.05, 3.63) is 93.1 Å². The van der Waals surface area contributed by atoms with Gasteiger partial charge in [0.05, 0.1) is 16.4 Å². The Hall–Kier alpha value is -2.67. The molecule has 3 aromatic carbocycles. The molecule has 0 saturated heterocycles. The van der Waals surface area contributed by atoms with Crippen LogP contribution in [0.25, 0.3) is 17.1 Å². The Labute approximate surface area is 185 Å². The summed E-state index contributed by atoms with van der Waals surface area (Å²) in [5.41, 5.74) is 2.05. The normalized spacial score (nSPS) is 10.7. The molecule has 1 aromatic heterocycles. The molecule has 5 nitrogen and oxygen atoms in total. The summed E-state index contributed by atoms with van der Waals surface area (Å²) in [6, 6.07) is 22.0. The minimum absolute atomic E-state index is 0.0257. The molecule has 0 fully saturated rings. The molecule has 0 aliphatic heterocycles. The van der Waals surface area contributed by atoms with E-state index in [0.29, 0.717) is 21.6 Å². The summed E-state index contributed by atoms with van der Waals surface area (Å²) in [5, 5.41) is 7.99. The molecular weight excluding hydrogens is 475 g/mol. The second-order valence-electron chi connectivity index (χ2n) is 6.09. The summed E-state index contributed by atoms with van der Waals surface area (Å²) >= 11 is 15.5. The van der Waals surface area contributed by atoms with Gasteiger partial charge in [-0.25, -0.2) is 9.67 Å². The van der Waals surface area contributed by atoms with E-state index >= 15 is 0 Å². The van der Waals surface area contributed by atoms with Crippen LogP contribution in [0.5, 0.6) is 0 Å². The van der Waals surface area contributed by atoms with Crippen LogP contribution in [0.3, 0.4) is 0 Å². The van der Waals surface area contributed by atoms with E-state index < -0.39 is 5.91 Å². The molecule has 0 atom stereocenters. The summed E-state index contributed by atoms with van der Waals surface area (Å²) in [6.07, 6.45) is 0. The van der Waals surface area contributed by atoms with Gasteiger partial charge in [0, 0.05) is 15.1 Å². The maximum absolute atomic E-state index is 12.8. The second-order valence-corrected chi connectivity index (χ2v) is 7.85. The standard InChI is InChI=1S/C21H13BrCl2N4O/c22-14-6-9-16(10-7-14)28-20(13-4-2-1-3-5-13)26-19(27-28)21(29)25-18-11-8-15(23)12-17(18)24/h1-12H,(H,25,29). The fourth-order valence-corrected chi connectivity index (χ4v) is 3.43. The lowest BCUT2D eigenvalue weighted by atomic mass is 10.2. The maximum atomic E-state index is 12.8. The Balaban J connectivity index is 1.74. The Morgan fingerprint density at radius 1 is 0.966 bits per heavy atom. The number of carbonyl (C=O) groups excluding carboxylic acids is 1. The van der Waals surface area contributed by atoms with Crippen molar-refractivity contribution in [2.45, 2.75) is 0 Å². The van der Waals surface area contributed by atoms with Crippen LogP contribution in [0.15, 0.2) is 77.3 Å². The zero-order chi connectivity index (χ0) is 20.4. The van der Waals surface area contributed by atoms with Crippen molar-refractivity contribution in [1.29, 1.82) is 0 Å². The van der Waals surface area contributed by atoms with E-state index in [1.807, 2.05) is 54.6 Å². The second kappa shape index (κ2) is 8.37. The average molecular weight is 488 g/mol. The van der Waals surface area contributed by atoms with Crippen molar-refractivity contribution in [2.75, 3.05) is 5.32 Å². The molecule has 8 heteroatoms. The van der Waals surface area contributed by atoms with Gasteiger partial charge in [0.2, 0.25) is 5.82 Å². The van der Waals surface area contributed by atoms with Crippen LogP contribution in [0.1, 0.15) is 10.6 Å².